The smallest absolute Gasteiger partial charge is 0.136 e. The number of aryl methyl sites for hydroxylation is 1. The van der Waals surface area contributed by atoms with Gasteiger partial charge in [0.1, 0.15) is 5.82 Å². The van der Waals surface area contributed by atoms with Gasteiger partial charge in [-0.3, -0.25) is 0 Å². The van der Waals surface area contributed by atoms with Crippen LogP contribution < -0.4 is 5.73 Å². The zero-order valence-electron chi connectivity index (χ0n) is 9.30. The van der Waals surface area contributed by atoms with Crippen LogP contribution in [0.3, 0.4) is 0 Å². The predicted octanol–water partition coefficient (Wildman–Crippen LogP) is 1.88. The Labute approximate surface area is 95.4 Å². The third kappa shape index (κ3) is 2.25. The maximum absolute atomic E-state index is 5.79. The Morgan fingerprint density at radius 3 is 2.31 bits per heavy atom. The van der Waals surface area contributed by atoms with Gasteiger partial charge in [0.2, 0.25) is 0 Å². The molecule has 2 rings (SSSR count). The van der Waals surface area contributed by atoms with Crippen LogP contribution in [0, 0.1) is 6.92 Å². The van der Waals surface area contributed by atoms with Crippen molar-refractivity contribution in [2.24, 2.45) is 5.73 Å². The van der Waals surface area contributed by atoms with Crippen LogP contribution in [-0.4, -0.2) is 16.5 Å². The van der Waals surface area contributed by atoms with Gasteiger partial charge < -0.3 is 5.73 Å². The Bertz CT molecular complexity index is 436. The molecule has 1 aromatic carbocycles. The average molecular weight is 213 g/mol. The van der Waals surface area contributed by atoms with Crippen LogP contribution in [0.25, 0.3) is 0 Å². The molecule has 0 radical (unpaired) electrons. The van der Waals surface area contributed by atoms with Crippen molar-refractivity contribution in [1.29, 1.82) is 0 Å². The summed E-state index contributed by atoms with van der Waals surface area (Å²) in [6, 6.07) is 10.2. The second kappa shape index (κ2) is 4.86. The minimum atomic E-state index is 0.0850. The third-order valence-corrected chi connectivity index (χ3v) is 2.61. The van der Waals surface area contributed by atoms with E-state index in [-0.39, 0.29) is 5.92 Å². The first kappa shape index (κ1) is 10.8. The second-order valence-electron chi connectivity index (χ2n) is 3.81. The summed E-state index contributed by atoms with van der Waals surface area (Å²) in [5.41, 5.74) is 8.20. The van der Waals surface area contributed by atoms with Gasteiger partial charge in [0.15, 0.2) is 0 Å². The molecular weight excluding hydrogens is 198 g/mol. The van der Waals surface area contributed by atoms with E-state index in [0.717, 1.165) is 5.82 Å². The number of aromatic nitrogens is 2. The van der Waals surface area contributed by atoms with Gasteiger partial charge in [-0.25, -0.2) is 9.97 Å². The van der Waals surface area contributed by atoms with Crippen molar-refractivity contribution in [3.8, 4) is 0 Å². The molecular formula is C13H15N3. The number of nitrogens with two attached hydrogens (primary N) is 1. The van der Waals surface area contributed by atoms with Crippen molar-refractivity contribution in [2.75, 3.05) is 6.54 Å². The van der Waals surface area contributed by atoms with E-state index in [1.807, 2.05) is 6.07 Å². The van der Waals surface area contributed by atoms with E-state index in [2.05, 4.69) is 41.2 Å². The van der Waals surface area contributed by atoms with Gasteiger partial charge in [0.25, 0.3) is 0 Å². The van der Waals surface area contributed by atoms with Crippen molar-refractivity contribution < 1.29 is 0 Å². The fraction of sp³-hybridized carbons (Fsp3) is 0.231. The minimum Gasteiger partial charge on any atom is -0.329 e. The van der Waals surface area contributed by atoms with E-state index in [1.165, 1.54) is 11.1 Å². The van der Waals surface area contributed by atoms with Gasteiger partial charge in [-0.15, -0.1) is 0 Å². The molecule has 3 heteroatoms. The largest absolute Gasteiger partial charge is 0.329 e. The molecule has 16 heavy (non-hydrogen) atoms. The molecule has 0 spiro atoms. The summed E-state index contributed by atoms with van der Waals surface area (Å²) < 4.78 is 0. The maximum Gasteiger partial charge on any atom is 0.136 e. The van der Waals surface area contributed by atoms with E-state index in [4.69, 9.17) is 5.73 Å². The van der Waals surface area contributed by atoms with Crippen LogP contribution in [0.1, 0.15) is 22.9 Å². The van der Waals surface area contributed by atoms with Gasteiger partial charge in [-0.1, -0.05) is 29.8 Å². The molecule has 1 heterocycles. The van der Waals surface area contributed by atoms with Crippen LogP contribution in [-0.2, 0) is 0 Å². The van der Waals surface area contributed by atoms with E-state index < -0.39 is 0 Å². The molecule has 2 N–H and O–H groups in total. The number of nitrogens with zero attached hydrogens (tertiary/aromatic N) is 2. The summed E-state index contributed by atoms with van der Waals surface area (Å²) in [6.45, 7) is 2.59. The highest BCUT2D eigenvalue weighted by Crippen LogP contribution is 2.20. The highest BCUT2D eigenvalue weighted by Gasteiger charge is 2.14. The van der Waals surface area contributed by atoms with Crippen molar-refractivity contribution >= 4 is 0 Å². The fourth-order valence-electron chi connectivity index (χ4n) is 1.68. The number of rotatable bonds is 3. The first-order valence-corrected chi connectivity index (χ1v) is 5.35. The highest BCUT2D eigenvalue weighted by molar-refractivity contribution is 5.28. The average Bonchev–Trinajstić information content (AvgIpc) is 2.34. The summed E-state index contributed by atoms with van der Waals surface area (Å²) in [7, 11) is 0. The summed E-state index contributed by atoms with van der Waals surface area (Å²) in [5.74, 6) is 0.871. The van der Waals surface area contributed by atoms with Crippen LogP contribution in [0.15, 0.2) is 42.7 Å². The summed E-state index contributed by atoms with van der Waals surface area (Å²) in [6.07, 6.45) is 3.50. The Morgan fingerprint density at radius 2 is 1.75 bits per heavy atom. The van der Waals surface area contributed by atoms with Crippen LogP contribution in [0.4, 0.5) is 0 Å². The Morgan fingerprint density at radius 1 is 1.12 bits per heavy atom. The summed E-state index contributed by atoms with van der Waals surface area (Å²) in [5, 5.41) is 0. The lowest BCUT2D eigenvalue weighted by Crippen LogP contribution is -2.16. The second-order valence-corrected chi connectivity index (χ2v) is 3.81. The van der Waals surface area contributed by atoms with E-state index in [0.29, 0.717) is 6.54 Å². The molecule has 0 aliphatic heterocycles. The number of hydrogen-bond acceptors (Lipinski definition) is 3. The quantitative estimate of drug-likeness (QED) is 0.846. The molecule has 2 aromatic rings. The molecule has 0 saturated carbocycles. The van der Waals surface area contributed by atoms with Crippen molar-refractivity contribution in [3.05, 3.63) is 59.7 Å². The van der Waals surface area contributed by atoms with Gasteiger partial charge in [-0.2, -0.15) is 0 Å². The molecule has 0 fully saturated rings. The summed E-state index contributed by atoms with van der Waals surface area (Å²) in [4.78, 5) is 8.52. The van der Waals surface area contributed by atoms with Gasteiger partial charge in [0.05, 0.1) is 5.92 Å². The first-order valence-electron chi connectivity index (χ1n) is 5.35. The Hall–Kier alpha value is -1.74. The van der Waals surface area contributed by atoms with Crippen LogP contribution in [0.5, 0.6) is 0 Å². The fourth-order valence-corrected chi connectivity index (χ4v) is 1.68. The molecule has 0 bridgehead atoms. The topological polar surface area (TPSA) is 51.8 Å². The Balaban J connectivity index is 2.33. The third-order valence-electron chi connectivity index (χ3n) is 2.61. The van der Waals surface area contributed by atoms with Gasteiger partial charge in [-0.05, 0) is 18.6 Å². The van der Waals surface area contributed by atoms with Gasteiger partial charge >= 0.3 is 0 Å². The van der Waals surface area contributed by atoms with Crippen LogP contribution in [0.2, 0.25) is 0 Å². The maximum atomic E-state index is 5.79. The minimum absolute atomic E-state index is 0.0850. The molecule has 82 valence electrons. The van der Waals surface area contributed by atoms with E-state index in [9.17, 15) is 0 Å². The Kier molecular flexibility index (Phi) is 3.27. The molecule has 0 saturated heterocycles. The van der Waals surface area contributed by atoms with Crippen LogP contribution >= 0.6 is 0 Å². The lowest BCUT2D eigenvalue weighted by atomic mass is 9.97. The standard InChI is InChI=1S/C13H15N3/c1-10-3-5-11(6-4-10)12(9-14)13-15-7-2-8-16-13/h2-8,12H,9,14H2,1H3. The number of hydrogen-bond donors (Lipinski definition) is 1. The molecule has 0 amide bonds. The first-order chi connectivity index (χ1) is 7.81. The molecule has 0 aliphatic rings. The zero-order chi connectivity index (χ0) is 11.4. The lowest BCUT2D eigenvalue weighted by Gasteiger charge is -2.13. The molecule has 1 unspecified atom stereocenters. The van der Waals surface area contributed by atoms with E-state index >= 15 is 0 Å². The zero-order valence-corrected chi connectivity index (χ0v) is 9.30. The van der Waals surface area contributed by atoms with E-state index in [1.54, 1.807) is 12.4 Å². The number of benzene rings is 1. The molecule has 0 aliphatic carbocycles. The SMILES string of the molecule is Cc1ccc(C(CN)c2ncccn2)cc1. The van der Waals surface area contributed by atoms with Crippen molar-refractivity contribution in [2.45, 2.75) is 12.8 Å². The lowest BCUT2D eigenvalue weighted by molar-refractivity contribution is 0.749. The predicted molar refractivity (Wildman–Crippen MR) is 64.1 cm³/mol. The molecule has 1 atom stereocenters. The summed E-state index contributed by atoms with van der Waals surface area (Å²) >= 11 is 0. The van der Waals surface area contributed by atoms with Crippen molar-refractivity contribution in [3.63, 3.8) is 0 Å². The molecule has 3 nitrogen and oxygen atoms in total. The highest BCUT2D eigenvalue weighted by atomic mass is 14.9. The normalized spacial score (nSPS) is 12.4. The monoisotopic (exact) mass is 213 g/mol. The van der Waals surface area contributed by atoms with Crippen molar-refractivity contribution in [1.82, 2.24) is 9.97 Å². The molecule has 1 aromatic heterocycles. The van der Waals surface area contributed by atoms with Gasteiger partial charge in [0, 0.05) is 18.9 Å².